The van der Waals surface area contributed by atoms with E-state index >= 15 is 0 Å². The standard InChI is InChI=1S/CH4S.5Rb.H/c1-2;;;;;;/h2H,1H3;;;;;;/q;;;3*+1;-1/p-1. The van der Waals surface area contributed by atoms with E-state index in [-0.39, 0.29) is 176 Å². The SMILES string of the molecule is C[S-].[H-].[Rb+].[Rb+].[Rb+].[Rb][Rb]. The average Bonchev–Trinajstić information content (AvgIpc) is 1.50. The summed E-state index contributed by atoms with van der Waals surface area (Å²) < 4.78 is 0. The van der Waals surface area contributed by atoms with Gasteiger partial charge in [-0.15, -0.1) is 0 Å². The van der Waals surface area contributed by atoms with E-state index < -0.39 is 0 Å². The van der Waals surface area contributed by atoms with Crippen LogP contribution in [0, 0.1) is 0 Å². The summed E-state index contributed by atoms with van der Waals surface area (Å²) in [6, 6.07) is 0. The van der Waals surface area contributed by atoms with Crippen molar-refractivity contribution in [1.29, 1.82) is 0 Å². The normalized spacial score (nSPS) is 2.00. The molecule has 0 radical (unpaired) electrons. The van der Waals surface area contributed by atoms with Crippen molar-refractivity contribution in [2.45, 2.75) is 0 Å². The van der Waals surface area contributed by atoms with E-state index in [0.717, 1.165) is 67.7 Å². The molecule has 0 saturated carbocycles. The van der Waals surface area contributed by atoms with Gasteiger partial charge in [0.2, 0.25) is 0 Å². The molecule has 0 heterocycles. The van der Waals surface area contributed by atoms with E-state index in [1.165, 1.54) is 0 Å². The van der Waals surface area contributed by atoms with Crippen molar-refractivity contribution in [3.63, 3.8) is 0 Å². The molecule has 0 aliphatic heterocycles. The van der Waals surface area contributed by atoms with Crippen LogP contribution in [0.5, 0.6) is 0 Å². The summed E-state index contributed by atoms with van der Waals surface area (Å²) in [4.78, 5) is 0. The molecule has 0 aromatic carbocycles. The third-order valence-corrected chi connectivity index (χ3v) is 0. The van der Waals surface area contributed by atoms with Gasteiger partial charge >= 0.3 is 242 Å². The van der Waals surface area contributed by atoms with Crippen molar-refractivity contribution >= 4 is 80.3 Å². The first-order valence-corrected chi connectivity index (χ1v) is 36.2. The van der Waals surface area contributed by atoms with Crippen LogP contribution < -0.4 is 175 Å². The molecular weight excluding hydrogens is 471 g/mol. The molecule has 0 atom stereocenters. The van der Waals surface area contributed by atoms with E-state index in [2.05, 4.69) is 12.6 Å². The molecule has 0 rings (SSSR count). The summed E-state index contributed by atoms with van der Waals surface area (Å²) in [6.07, 6.45) is 1.58. The molecule has 0 nitrogen and oxygen atoms in total. The van der Waals surface area contributed by atoms with Gasteiger partial charge in [-0.3, -0.25) is 0 Å². The van der Waals surface area contributed by atoms with Crippen molar-refractivity contribution in [2.24, 2.45) is 0 Å². The van der Waals surface area contributed by atoms with Gasteiger partial charge in [0.25, 0.3) is 0 Å². The van der Waals surface area contributed by atoms with Crippen LogP contribution in [-0.2, 0) is 12.6 Å². The minimum atomic E-state index is 0. The van der Waals surface area contributed by atoms with Crippen molar-refractivity contribution in [2.75, 3.05) is 6.26 Å². The van der Waals surface area contributed by atoms with E-state index in [1.807, 2.05) is 0 Å². The van der Waals surface area contributed by atoms with Crippen LogP contribution in [0.1, 0.15) is 1.43 Å². The summed E-state index contributed by atoms with van der Waals surface area (Å²) in [7, 11) is 0. The molecule has 0 spiro atoms. The first kappa shape index (κ1) is 29.9. The van der Waals surface area contributed by atoms with Gasteiger partial charge in [-0.05, 0) is 0 Å². The van der Waals surface area contributed by atoms with Crippen LogP contribution in [0.4, 0.5) is 0 Å². The average molecular weight is 475 g/mol. The maximum absolute atomic E-state index is 4.08. The zero-order valence-electron chi connectivity index (χ0n) is 7.41. The molecule has 0 aliphatic rings. The van der Waals surface area contributed by atoms with Crippen molar-refractivity contribution in [3.05, 3.63) is 0 Å². The second-order valence-corrected chi connectivity index (χ2v) is 0. The Bertz CT molecular complexity index is 12.4. The Hall–Kier alpha value is 9.38. The van der Waals surface area contributed by atoms with Gasteiger partial charge in [0.05, 0.1) is 0 Å². The Morgan fingerprint density at radius 1 is 1.00 bits per heavy atom. The monoisotopic (exact) mass is 473 g/mol. The Morgan fingerprint density at radius 3 is 1.00 bits per heavy atom. The topological polar surface area (TPSA) is 0 Å². The predicted octanol–water partition coefficient (Wildman–Crippen LogP) is -9.47. The molecular formula is CH4Rb5S+. The molecule has 0 aromatic rings. The maximum atomic E-state index is 4.08. The molecule has 6 heteroatoms. The minimum absolute atomic E-state index is 0. The van der Waals surface area contributed by atoms with Crippen LogP contribution in [-0.4, -0.2) is 74.0 Å². The summed E-state index contributed by atoms with van der Waals surface area (Å²) >= 11 is 6.40. The third-order valence-electron chi connectivity index (χ3n) is 0. The zero-order valence-corrected chi connectivity index (χ0v) is 31.8. The molecule has 0 aliphatic carbocycles. The first-order valence-electron chi connectivity index (χ1n) is 1.41. The van der Waals surface area contributed by atoms with Crippen LogP contribution in [0.25, 0.3) is 0 Å². The number of hydrogen-bond acceptors (Lipinski definition) is 1. The Labute approximate surface area is 249 Å². The summed E-state index contributed by atoms with van der Waals surface area (Å²) in [5, 5.41) is 0. The van der Waals surface area contributed by atoms with Gasteiger partial charge in [-0.2, -0.15) is 6.26 Å². The van der Waals surface area contributed by atoms with E-state index in [1.54, 1.807) is 6.26 Å². The fourth-order valence-corrected chi connectivity index (χ4v) is 0. The van der Waals surface area contributed by atoms with Crippen molar-refractivity contribution in [3.8, 4) is 0 Å². The fourth-order valence-electron chi connectivity index (χ4n) is 0. The van der Waals surface area contributed by atoms with Gasteiger partial charge in [0, 0.05) is 0 Å². The summed E-state index contributed by atoms with van der Waals surface area (Å²) in [5.74, 6) is 0. The molecule has 0 saturated heterocycles. The zero-order chi connectivity index (χ0) is 4.00. The molecule has 18 valence electrons. The molecule has 0 bridgehead atoms. The van der Waals surface area contributed by atoms with E-state index in [4.69, 9.17) is 0 Å². The predicted molar refractivity (Wildman–Crippen MR) is 25.9 cm³/mol. The van der Waals surface area contributed by atoms with Gasteiger partial charge in [-0.25, -0.2) is 0 Å². The molecule has 0 unspecified atom stereocenters. The number of rotatable bonds is 0. The second kappa shape index (κ2) is 36.1. The molecule has 0 fully saturated rings. The summed E-state index contributed by atoms with van der Waals surface area (Å²) in [6.45, 7) is 0. The quantitative estimate of drug-likeness (QED) is 0.314. The second-order valence-electron chi connectivity index (χ2n) is 0. The molecule has 0 amide bonds. The Balaban J connectivity index is -0.00000000167. The molecule has 0 aromatic heterocycles. The molecule has 0 N–H and O–H groups in total. The van der Waals surface area contributed by atoms with Crippen LogP contribution >= 0.6 is 0 Å². The Kier molecular flexibility index (Phi) is 154. The summed E-state index contributed by atoms with van der Waals surface area (Å²) in [5.41, 5.74) is 0. The Morgan fingerprint density at radius 2 is 1.00 bits per heavy atom. The van der Waals surface area contributed by atoms with Gasteiger partial charge in [-0.1, -0.05) is 0 Å². The fraction of sp³-hybridized carbons (Fsp3) is 1.00. The number of hydrogen-bond donors (Lipinski definition) is 0. The van der Waals surface area contributed by atoms with Crippen LogP contribution in [0.15, 0.2) is 0 Å². The van der Waals surface area contributed by atoms with Gasteiger partial charge in [0.1, 0.15) is 0 Å². The van der Waals surface area contributed by atoms with Gasteiger partial charge < -0.3 is 14.1 Å². The van der Waals surface area contributed by atoms with Crippen molar-refractivity contribution in [1.82, 2.24) is 0 Å². The van der Waals surface area contributed by atoms with Crippen LogP contribution in [0.2, 0.25) is 0 Å². The molecule has 7 heavy (non-hydrogen) atoms. The van der Waals surface area contributed by atoms with Gasteiger partial charge in [0.15, 0.2) is 0 Å². The van der Waals surface area contributed by atoms with Crippen molar-refractivity contribution < 1.29 is 176 Å². The van der Waals surface area contributed by atoms with E-state index in [9.17, 15) is 0 Å². The van der Waals surface area contributed by atoms with E-state index in [0.29, 0.717) is 0 Å². The van der Waals surface area contributed by atoms with Crippen LogP contribution in [0.3, 0.4) is 0 Å². The first-order chi connectivity index (χ1) is 2.00. The third kappa shape index (κ3) is 31.3.